The standard InChI is InChI=1S/C10H20N4O2/c1-3-7(6-9(11)13-16)12-8-4-5-14(2)10(8)15/h7-8,12,16H,3-6H2,1-2H3,(H2,11,13). The number of hydrogen-bond donors (Lipinski definition) is 3. The van der Waals surface area contributed by atoms with Crippen LogP contribution >= 0.6 is 0 Å². The summed E-state index contributed by atoms with van der Waals surface area (Å²) in [6.07, 6.45) is 2.12. The van der Waals surface area contributed by atoms with E-state index < -0.39 is 0 Å². The Labute approximate surface area is 95.5 Å². The number of carbonyl (C=O) groups excluding carboxylic acids is 1. The maximum atomic E-state index is 11.7. The first kappa shape index (κ1) is 12.8. The van der Waals surface area contributed by atoms with E-state index in [1.807, 2.05) is 6.92 Å². The zero-order valence-electron chi connectivity index (χ0n) is 9.81. The molecule has 2 unspecified atom stereocenters. The predicted molar refractivity (Wildman–Crippen MR) is 61.3 cm³/mol. The lowest BCUT2D eigenvalue weighted by Gasteiger charge is -2.20. The average molecular weight is 228 g/mol. The van der Waals surface area contributed by atoms with Gasteiger partial charge in [0.05, 0.1) is 6.04 Å². The zero-order valence-corrected chi connectivity index (χ0v) is 9.81. The van der Waals surface area contributed by atoms with Gasteiger partial charge in [-0.25, -0.2) is 0 Å². The number of amidine groups is 1. The minimum atomic E-state index is -0.124. The van der Waals surface area contributed by atoms with Crippen molar-refractivity contribution in [2.24, 2.45) is 10.9 Å². The van der Waals surface area contributed by atoms with Crippen molar-refractivity contribution in [2.45, 2.75) is 38.3 Å². The summed E-state index contributed by atoms with van der Waals surface area (Å²) < 4.78 is 0. The number of amides is 1. The Balaban J connectivity index is 2.47. The van der Waals surface area contributed by atoms with E-state index in [9.17, 15) is 4.79 Å². The highest BCUT2D eigenvalue weighted by Gasteiger charge is 2.30. The van der Waals surface area contributed by atoms with Crippen LogP contribution in [-0.2, 0) is 4.79 Å². The first-order valence-electron chi connectivity index (χ1n) is 5.55. The summed E-state index contributed by atoms with van der Waals surface area (Å²) in [5, 5.41) is 14.7. The van der Waals surface area contributed by atoms with Gasteiger partial charge in [0.1, 0.15) is 5.84 Å². The fourth-order valence-corrected chi connectivity index (χ4v) is 1.88. The zero-order chi connectivity index (χ0) is 12.1. The minimum absolute atomic E-state index is 0.0800. The van der Waals surface area contributed by atoms with Crippen molar-refractivity contribution in [3.8, 4) is 0 Å². The summed E-state index contributed by atoms with van der Waals surface area (Å²) in [5.74, 6) is 0.316. The summed E-state index contributed by atoms with van der Waals surface area (Å²) in [6.45, 7) is 2.79. The first-order chi connectivity index (χ1) is 7.58. The van der Waals surface area contributed by atoms with E-state index in [0.29, 0.717) is 6.42 Å². The molecule has 1 amide bonds. The third-order valence-electron chi connectivity index (χ3n) is 2.94. The number of nitrogens with zero attached hydrogens (tertiary/aromatic N) is 2. The molecule has 0 bridgehead atoms. The van der Waals surface area contributed by atoms with Gasteiger partial charge in [0.2, 0.25) is 5.91 Å². The molecule has 16 heavy (non-hydrogen) atoms. The van der Waals surface area contributed by atoms with Crippen molar-refractivity contribution in [2.75, 3.05) is 13.6 Å². The number of likely N-dealkylation sites (tertiary alicyclic amines) is 1. The van der Waals surface area contributed by atoms with Crippen molar-refractivity contribution in [3.63, 3.8) is 0 Å². The molecule has 0 saturated carbocycles. The van der Waals surface area contributed by atoms with Crippen molar-refractivity contribution in [1.29, 1.82) is 0 Å². The molecule has 1 fully saturated rings. The molecule has 0 radical (unpaired) electrons. The Hall–Kier alpha value is -1.30. The van der Waals surface area contributed by atoms with Gasteiger partial charge in [0, 0.05) is 26.1 Å². The van der Waals surface area contributed by atoms with Gasteiger partial charge in [0.25, 0.3) is 0 Å². The quantitative estimate of drug-likeness (QED) is 0.261. The van der Waals surface area contributed by atoms with E-state index in [4.69, 9.17) is 10.9 Å². The molecule has 0 aromatic heterocycles. The van der Waals surface area contributed by atoms with E-state index in [0.717, 1.165) is 19.4 Å². The van der Waals surface area contributed by atoms with Crippen molar-refractivity contribution in [1.82, 2.24) is 10.2 Å². The third kappa shape index (κ3) is 3.10. The second-order valence-corrected chi connectivity index (χ2v) is 4.17. The van der Waals surface area contributed by atoms with Crippen LogP contribution in [-0.4, -0.2) is 47.5 Å². The number of likely N-dealkylation sites (N-methyl/N-ethyl adjacent to an activating group) is 1. The van der Waals surface area contributed by atoms with Crippen molar-refractivity contribution in [3.05, 3.63) is 0 Å². The van der Waals surface area contributed by atoms with Gasteiger partial charge >= 0.3 is 0 Å². The molecule has 0 spiro atoms. The van der Waals surface area contributed by atoms with Crippen LogP contribution in [0.5, 0.6) is 0 Å². The molecule has 4 N–H and O–H groups in total. The highest BCUT2D eigenvalue weighted by atomic mass is 16.4. The topological polar surface area (TPSA) is 90.9 Å². The summed E-state index contributed by atoms with van der Waals surface area (Å²) in [4.78, 5) is 13.4. The van der Waals surface area contributed by atoms with Gasteiger partial charge in [-0.15, -0.1) is 0 Å². The summed E-state index contributed by atoms with van der Waals surface area (Å²) >= 11 is 0. The molecule has 92 valence electrons. The van der Waals surface area contributed by atoms with Crippen molar-refractivity contribution < 1.29 is 10.0 Å². The molecule has 2 atom stereocenters. The fourth-order valence-electron chi connectivity index (χ4n) is 1.88. The summed E-state index contributed by atoms with van der Waals surface area (Å²) in [7, 11) is 1.80. The molecule has 1 aliphatic rings. The van der Waals surface area contributed by atoms with Crippen LogP contribution in [0.15, 0.2) is 5.16 Å². The van der Waals surface area contributed by atoms with E-state index >= 15 is 0 Å². The monoisotopic (exact) mass is 228 g/mol. The molecule has 1 aliphatic heterocycles. The lowest BCUT2D eigenvalue weighted by molar-refractivity contribution is -0.128. The van der Waals surface area contributed by atoms with Crippen LogP contribution in [0.1, 0.15) is 26.2 Å². The fraction of sp³-hybridized carbons (Fsp3) is 0.800. The number of rotatable bonds is 5. The molecule has 0 aromatic rings. The Kier molecular flexibility index (Phi) is 4.54. The van der Waals surface area contributed by atoms with Crippen LogP contribution in [0, 0.1) is 0 Å². The van der Waals surface area contributed by atoms with Crippen LogP contribution in [0.25, 0.3) is 0 Å². The normalized spacial score (nSPS) is 23.9. The van der Waals surface area contributed by atoms with E-state index in [1.54, 1.807) is 11.9 Å². The van der Waals surface area contributed by atoms with Gasteiger partial charge in [-0.1, -0.05) is 12.1 Å². The van der Waals surface area contributed by atoms with Gasteiger partial charge in [-0.3, -0.25) is 4.79 Å². The molecule has 6 nitrogen and oxygen atoms in total. The SMILES string of the molecule is CCC(CC(N)=NO)NC1CCN(C)C1=O. The third-order valence-corrected chi connectivity index (χ3v) is 2.94. The highest BCUT2D eigenvalue weighted by Crippen LogP contribution is 2.11. The molecule has 1 saturated heterocycles. The predicted octanol–water partition coefficient (Wildman–Crippen LogP) is -0.278. The molecule has 6 heteroatoms. The van der Waals surface area contributed by atoms with E-state index in [-0.39, 0.29) is 23.8 Å². The number of oxime groups is 1. The molecule has 0 aliphatic carbocycles. The van der Waals surface area contributed by atoms with Crippen LogP contribution < -0.4 is 11.1 Å². The minimum Gasteiger partial charge on any atom is -0.409 e. The Morgan fingerprint density at radius 3 is 2.94 bits per heavy atom. The molecule has 1 rings (SSSR count). The van der Waals surface area contributed by atoms with Gasteiger partial charge in [-0.05, 0) is 12.8 Å². The van der Waals surface area contributed by atoms with Crippen LogP contribution in [0.4, 0.5) is 0 Å². The lowest BCUT2D eigenvalue weighted by Crippen LogP contribution is -2.44. The smallest absolute Gasteiger partial charge is 0.239 e. The molecule has 0 aromatic carbocycles. The molecule has 1 heterocycles. The van der Waals surface area contributed by atoms with E-state index in [1.165, 1.54) is 0 Å². The Morgan fingerprint density at radius 1 is 1.81 bits per heavy atom. The second-order valence-electron chi connectivity index (χ2n) is 4.17. The van der Waals surface area contributed by atoms with Gasteiger partial charge in [-0.2, -0.15) is 0 Å². The number of hydrogen-bond acceptors (Lipinski definition) is 4. The van der Waals surface area contributed by atoms with Gasteiger partial charge < -0.3 is 21.2 Å². The largest absolute Gasteiger partial charge is 0.409 e. The number of nitrogens with two attached hydrogens (primary N) is 1. The molecular weight excluding hydrogens is 208 g/mol. The van der Waals surface area contributed by atoms with Crippen molar-refractivity contribution >= 4 is 11.7 Å². The first-order valence-corrected chi connectivity index (χ1v) is 5.55. The van der Waals surface area contributed by atoms with E-state index in [2.05, 4.69) is 10.5 Å². The summed E-state index contributed by atoms with van der Waals surface area (Å²) in [5.41, 5.74) is 5.45. The van der Waals surface area contributed by atoms with Gasteiger partial charge in [0.15, 0.2) is 0 Å². The second kappa shape index (κ2) is 5.69. The number of carbonyl (C=O) groups is 1. The Morgan fingerprint density at radius 2 is 2.50 bits per heavy atom. The van der Waals surface area contributed by atoms with Crippen LogP contribution in [0.3, 0.4) is 0 Å². The number of nitrogens with one attached hydrogen (secondary N) is 1. The molecular formula is C10H20N4O2. The maximum absolute atomic E-state index is 11.7. The van der Waals surface area contributed by atoms with Crippen LogP contribution in [0.2, 0.25) is 0 Å². The average Bonchev–Trinajstić information content (AvgIpc) is 2.59. The Bertz CT molecular complexity index is 280. The maximum Gasteiger partial charge on any atom is 0.239 e. The highest BCUT2D eigenvalue weighted by molar-refractivity contribution is 5.84. The lowest BCUT2D eigenvalue weighted by atomic mass is 10.1. The summed E-state index contributed by atoms with van der Waals surface area (Å²) in [6, 6.07) is -0.0437.